The number of hydrogen-bond donors (Lipinski definition) is 0. The molecule has 0 saturated carbocycles. The van der Waals surface area contributed by atoms with Gasteiger partial charge in [0.1, 0.15) is 5.75 Å². The lowest BCUT2D eigenvalue weighted by atomic mass is 10.2. The van der Waals surface area contributed by atoms with E-state index in [1.807, 2.05) is 24.3 Å². The maximum atomic E-state index is 5.82. The van der Waals surface area contributed by atoms with Gasteiger partial charge in [-0.25, -0.2) is 0 Å². The summed E-state index contributed by atoms with van der Waals surface area (Å²) in [5.41, 5.74) is 0.912. The van der Waals surface area contributed by atoms with Crippen LogP contribution in [0.4, 0.5) is 0 Å². The summed E-state index contributed by atoms with van der Waals surface area (Å²) in [7, 11) is 1.65. The van der Waals surface area contributed by atoms with E-state index in [0.29, 0.717) is 18.3 Å². The molecule has 0 amide bonds. The first-order chi connectivity index (χ1) is 13.3. The summed E-state index contributed by atoms with van der Waals surface area (Å²) < 4.78 is 16.5. The molecule has 1 saturated heterocycles. The van der Waals surface area contributed by atoms with Gasteiger partial charge in [-0.05, 0) is 48.6 Å². The topological polar surface area (TPSA) is 60.6 Å². The number of ether oxygens (including phenoxy) is 2. The highest BCUT2D eigenvalue weighted by Gasteiger charge is 2.21. The number of hydrogen-bond acceptors (Lipinski definition) is 7. The Labute approximate surface area is 162 Å². The van der Waals surface area contributed by atoms with E-state index in [1.165, 1.54) is 4.88 Å². The molecule has 1 aliphatic rings. The van der Waals surface area contributed by atoms with Crippen LogP contribution in [0.15, 0.2) is 46.3 Å². The van der Waals surface area contributed by atoms with Crippen molar-refractivity contribution in [1.29, 1.82) is 0 Å². The van der Waals surface area contributed by atoms with Gasteiger partial charge in [0, 0.05) is 30.1 Å². The summed E-state index contributed by atoms with van der Waals surface area (Å²) >= 11 is 1.76. The first-order valence-electron chi connectivity index (χ1n) is 9.13. The first kappa shape index (κ1) is 18.2. The third-order valence-electron chi connectivity index (χ3n) is 4.62. The van der Waals surface area contributed by atoms with Gasteiger partial charge in [0.25, 0.3) is 0 Å². The molecule has 4 rings (SSSR count). The van der Waals surface area contributed by atoms with Crippen molar-refractivity contribution in [3.05, 3.63) is 52.5 Å². The Morgan fingerprint density at radius 3 is 2.81 bits per heavy atom. The highest BCUT2D eigenvalue weighted by molar-refractivity contribution is 7.09. The predicted octanol–water partition coefficient (Wildman–Crippen LogP) is 3.99. The van der Waals surface area contributed by atoms with E-state index < -0.39 is 0 Å². The summed E-state index contributed by atoms with van der Waals surface area (Å²) in [4.78, 5) is 8.23. The van der Waals surface area contributed by atoms with Crippen LogP contribution in [0.25, 0.3) is 11.4 Å². The second kappa shape index (κ2) is 8.65. The van der Waals surface area contributed by atoms with Gasteiger partial charge in [-0.1, -0.05) is 11.2 Å². The van der Waals surface area contributed by atoms with Crippen molar-refractivity contribution in [1.82, 2.24) is 15.0 Å². The molecular weight excluding hydrogens is 362 g/mol. The van der Waals surface area contributed by atoms with E-state index in [4.69, 9.17) is 14.0 Å². The van der Waals surface area contributed by atoms with E-state index in [-0.39, 0.29) is 6.10 Å². The van der Waals surface area contributed by atoms with Crippen LogP contribution in [-0.2, 0) is 17.8 Å². The third kappa shape index (κ3) is 4.74. The van der Waals surface area contributed by atoms with Gasteiger partial charge in [-0.3, -0.25) is 4.90 Å². The predicted molar refractivity (Wildman–Crippen MR) is 104 cm³/mol. The Kier molecular flexibility index (Phi) is 5.81. The minimum Gasteiger partial charge on any atom is -0.497 e. The highest BCUT2D eigenvalue weighted by atomic mass is 32.1. The second-order valence-corrected chi connectivity index (χ2v) is 7.66. The molecule has 1 aliphatic heterocycles. The van der Waals surface area contributed by atoms with Gasteiger partial charge < -0.3 is 14.0 Å². The standard InChI is InChI=1S/C20H23N3O3S/c1-24-16-8-6-15(7-9-16)20-21-19(26-22-20)14-23(12-17-4-2-10-25-17)13-18-5-3-11-27-18/h3,5-9,11,17H,2,4,10,12-14H2,1H3. The largest absolute Gasteiger partial charge is 0.497 e. The lowest BCUT2D eigenvalue weighted by molar-refractivity contribution is 0.0644. The van der Waals surface area contributed by atoms with Gasteiger partial charge in [0.15, 0.2) is 0 Å². The van der Waals surface area contributed by atoms with Crippen LogP contribution in [0.1, 0.15) is 23.6 Å². The van der Waals surface area contributed by atoms with Crippen LogP contribution in [0, 0.1) is 0 Å². The van der Waals surface area contributed by atoms with Crippen molar-refractivity contribution in [3.63, 3.8) is 0 Å². The summed E-state index contributed by atoms with van der Waals surface area (Å²) in [6, 6.07) is 11.9. The fourth-order valence-corrected chi connectivity index (χ4v) is 4.00. The van der Waals surface area contributed by atoms with Gasteiger partial charge in [-0.15, -0.1) is 11.3 Å². The van der Waals surface area contributed by atoms with Crippen molar-refractivity contribution in [3.8, 4) is 17.1 Å². The van der Waals surface area contributed by atoms with E-state index in [0.717, 1.165) is 43.9 Å². The normalized spacial score (nSPS) is 16.9. The number of nitrogens with zero attached hydrogens (tertiary/aromatic N) is 3. The smallest absolute Gasteiger partial charge is 0.241 e. The molecule has 2 aromatic heterocycles. The third-order valence-corrected chi connectivity index (χ3v) is 5.48. The van der Waals surface area contributed by atoms with Crippen LogP contribution < -0.4 is 4.74 Å². The highest BCUT2D eigenvalue weighted by Crippen LogP contribution is 2.22. The first-order valence-corrected chi connectivity index (χ1v) is 10.0. The molecule has 27 heavy (non-hydrogen) atoms. The SMILES string of the molecule is COc1ccc(-c2noc(CN(Cc3cccs3)CC3CCCO3)n2)cc1. The number of thiophene rings is 1. The molecule has 1 aromatic carbocycles. The molecule has 1 fully saturated rings. The average Bonchev–Trinajstić information content (AvgIpc) is 3.45. The molecule has 7 heteroatoms. The Hall–Kier alpha value is -2.22. The van der Waals surface area contributed by atoms with Crippen LogP contribution in [-0.4, -0.2) is 41.4 Å². The van der Waals surface area contributed by atoms with E-state index >= 15 is 0 Å². The monoisotopic (exact) mass is 385 g/mol. The van der Waals surface area contributed by atoms with Crippen molar-refractivity contribution in [2.24, 2.45) is 0 Å². The van der Waals surface area contributed by atoms with Crippen molar-refractivity contribution >= 4 is 11.3 Å². The second-order valence-electron chi connectivity index (χ2n) is 6.62. The van der Waals surface area contributed by atoms with Gasteiger partial charge >= 0.3 is 0 Å². The van der Waals surface area contributed by atoms with E-state index in [9.17, 15) is 0 Å². The Morgan fingerprint density at radius 2 is 2.11 bits per heavy atom. The fraction of sp³-hybridized carbons (Fsp3) is 0.400. The summed E-state index contributed by atoms with van der Waals surface area (Å²) in [6.07, 6.45) is 2.54. The number of aromatic nitrogens is 2. The van der Waals surface area contributed by atoms with Crippen LogP contribution in [0.2, 0.25) is 0 Å². The molecule has 142 valence electrons. The molecule has 3 heterocycles. The zero-order chi connectivity index (χ0) is 18.5. The lowest BCUT2D eigenvalue weighted by Crippen LogP contribution is -2.31. The van der Waals surface area contributed by atoms with E-state index in [1.54, 1.807) is 18.4 Å². The zero-order valence-corrected chi connectivity index (χ0v) is 16.2. The molecule has 0 radical (unpaired) electrons. The average molecular weight is 385 g/mol. The van der Waals surface area contributed by atoms with Crippen LogP contribution in [0.3, 0.4) is 0 Å². The van der Waals surface area contributed by atoms with Gasteiger partial charge in [0.05, 0.1) is 19.8 Å². The van der Waals surface area contributed by atoms with Crippen molar-refractivity contribution < 1.29 is 14.0 Å². The minimum absolute atomic E-state index is 0.286. The van der Waals surface area contributed by atoms with Crippen molar-refractivity contribution in [2.45, 2.75) is 32.0 Å². The number of methoxy groups -OCH3 is 1. The summed E-state index contributed by atoms with van der Waals surface area (Å²) in [6.45, 7) is 3.20. The minimum atomic E-state index is 0.286. The molecule has 1 atom stereocenters. The van der Waals surface area contributed by atoms with Crippen LogP contribution >= 0.6 is 11.3 Å². The Bertz CT molecular complexity index is 827. The summed E-state index contributed by atoms with van der Waals surface area (Å²) in [5, 5.41) is 6.25. The van der Waals surface area contributed by atoms with E-state index in [2.05, 4.69) is 32.6 Å². The molecule has 1 unspecified atom stereocenters. The molecule has 0 spiro atoms. The van der Waals surface area contributed by atoms with Crippen molar-refractivity contribution in [2.75, 3.05) is 20.3 Å². The fourth-order valence-electron chi connectivity index (χ4n) is 3.25. The van der Waals surface area contributed by atoms with Gasteiger partial charge in [0.2, 0.25) is 11.7 Å². The van der Waals surface area contributed by atoms with Gasteiger partial charge in [-0.2, -0.15) is 4.98 Å². The summed E-state index contributed by atoms with van der Waals surface area (Å²) in [5.74, 6) is 2.03. The maximum Gasteiger partial charge on any atom is 0.241 e. The zero-order valence-electron chi connectivity index (χ0n) is 15.3. The molecule has 6 nitrogen and oxygen atoms in total. The lowest BCUT2D eigenvalue weighted by Gasteiger charge is -2.23. The molecule has 3 aromatic rings. The number of rotatable bonds is 8. The quantitative estimate of drug-likeness (QED) is 0.584. The maximum absolute atomic E-state index is 5.82. The van der Waals surface area contributed by atoms with Crippen LogP contribution in [0.5, 0.6) is 5.75 Å². The molecular formula is C20H23N3O3S. The molecule has 0 aliphatic carbocycles. The molecule has 0 bridgehead atoms. The number of benzene rings is 1. The molecule has 0 N–H and O–H groups in total. The Balaban J connectivity index is 1.45. The Morgan fingerprint density at radius 1 is 1.22 bits per heavy atom.